The molecule has 7 heteroatoms. The van der Waals surface area contributed by atoms with Gasteiger partial charge in [-0.15, -0.1) is 0 Å². The van der Waals surface area contributed by atoms with Crippen LogP contribution in [0.4, 0.5) is 0 Å². The number of hydrogen-bond acceptors (Lipinski definition) is 4. The van der Waals surface area contributed by atoms with E-state index in [1.807, 2.05) is 23.6 Å². The van der Waals surface area contributed by atoms with Gasteiger partial charge < -0.3 is 14.5 Å². The molecule has 1 aromatic rings. The number of ether oxygens (including phenoxy) is 1. The quantitative estimate of drug-likeness (QED) is 0.798. The van der Waals surface area contributed by atoms with E-state index in [0.717, 1.165) is 19.4 Å². The molecule has 1 saturated heterocycles. The standard InChI is InChI=1S/C19H27N3O3S/c1-4-21(5-2)18(24)15-7-6-12-22(13-15)19(26)20-17(23)14-8-10-16(25-3)11-9-14/h8-11,15H,4-7,12-13H2,1-3H3,(H,20,23,26). The normalized spacial score (nSPS) is 16.7. The molecule has 26 heavy (non-hydrogen) atoms. The van der Waals surface area contributed by atoms with E-state index in [4.69, 9.17) is 17.0 Å². The minimum Gasteiger partial charge on any atom is -0.497 e. The van der Waals surface area contributed by atoms with Gasteiger partial charge in [-0.1, -0.05) is 0 Å². The molecule has 1 N–H and O–H groups in total. The topological polar surface area (TPSA) is 61.9 Å². The zero-order valence-electron chi connectivity index (χ0n) is 15.7. The smallest absolute Gasteiger partial charge is 0.257 e. The zero-order chi connectivity index (χ0) is 19.1. The van der Waals surface area contributed by atoms with Crippen LogP contribution in [0.1, 0.15) is 37.0 Å². The van der Waals surface area contributed by atoms with Crippen molar-refractivity contribution >= 4 is 29.1 Å². The van der Waals surface area contributed by atoms with E-state index in [1.54, 1.807) is 31.4 Å². The van der Waals surface area contributed by atoms with E-state index in [0.29, 0.717) is 36.1 Å². The van der Waals surface area contributed by atoms with Crippen LogP contribution in [0.3, 0.4) is 0 Å². The Morgan fingerprint density at radius 3 is 2.50 bits per heavy atom. The molecule has 0 bridgehead atoms. The summed E-state index contributed by atoms with van der Waals surface area (Å²) in [7, 11) is 1.58. The van der Waals surface area contributed by atoms with Gasteiger partial charge in [0.1, 0.15) is 5.75 Å². The lowest BCUT2D eigenvalue weighted by Gasteiger charge is -2.35. The number of likely N-dealkylation sites (tertiary alicyclic amines) is 1. The zero-order valence-corrected chi connectivity index (χ0v) is 16.5. The van der Waals surface area contributed by atoms with Crippen molar-refractivity contribution in [1.82, 2.24) is 15.1 Å². The highest BCUT2D eigenvalue weighted by Gasteiger charge is 2.29. The highest BCUT2D eigenvalue weighted by atomic mass is 32.1. The summed E-state index contributed by atoms with van der Waals surface area (Å²) in [6.45, 7) is 6.71. The average Bonchev–Trinajstić information content (AvgIpc) is 2.68. The Morgan fingerprint density at radius 2 is 1.92 bits per heavy atom. The molecule has 1 aliphatic rings. The lowest BCUT2D eigenvalue weighted by molar-refractivity contribution is -0.136. The lowest BCUT2D eigenvalue weighted by Crippen LogP contribution is -2.50. The number of carbonyl (C=O) groups excluding carboxylic acids is 2. The summed E-state index contributed by atoms with van der Waals surface area (Å²) in [4.78, 5) is 28.7. The fourth-order valence-corrected chi connectivity index (χ4v) is 3.41. The third kappa shape index (κ3) is 4.94. The number of rotatable bonds is 5. The largest absolute Gasteiger partial charge is 0.497 e. The predicted octanol–water partition coefficient (Wildman–Crippen LogP) is 2.29. The van der Waals surface area contributed by atoms with E-state index in [-0.39, 0.29) is 17.7 Å². The number of piperidine rings is 1. The monoisotopic (exact) mass is 377 g/mol. The third-order valence-electron chi connectivity index (χ3n) is 4.71. The third-order valence-corrected chi connectivity index (χ3v) is 5.07. The van der Waals surface area contributed by atoms with E-state index in [2.05, 4.69) is 5.32 Å². The Hall–Kier alpha value is -2.15. The molecule has 0 spiro atoms. The van der Waals surface area contributed by atoms with Gasteiger partial charge in [0.15, 0.2) is 5.11 Å². The molecule has 1 aromatic carbocycles. The van der Waals surface area contributed by atoms with Crippen molar-refractivity contribution in [2.24, 2.45) is 5.92 Å². The molecule has 1 aliphatic heterocycles. The van der Waals surface area contributed by atoms with Gasteiger partial charge in [0.25, 0.3) is 5.91 Å². The first-order chi connectivity index (χ1) is 12.5. The maximum Gasteiger partial charge on any atom is 0.257 e. The summed E-state index contributed by atoms with van der Waals surface area (Å²) in [5.74, 6) is 0.538. The SMILES string of the molecule is CCN(CC)C(=O)C1CCCN(C(=S)NC(=O)c2ccc(OC)cc2)C1. The van der Waals surface area contributed by atoms with Crippen LogP contribution in [0.2, 0.25) is 0 Å². The first kappa shape index (κ1) is 20.2. The summed E-state index contributed by atoms with van der Waals surface area (Å²) in [6, 6.07) is 6.86. The van der Waals surface area contributed by atoms with Gasteiger partial charge in [-0.2, -0.15) is 0 Å². The highest BCUT2D eigenvalue weighted by molar-refractivity contribution is 7.80. The number of nitrogens with zero attached hydrogens (tertiary/aromatic N) is 2. The first-order valence-electron chi connectivity index (χ1n) is 9.03. The summed E-state index contributed by atoms with van der Waals surface area (Å²) in [5.41, 5.74) is 0.515. The second-order valence-electron chi connectivity index (χ2n) is 6.28. The van der Waals surface area contributed by atoms with Crippen molar-refractivity contribution < 1.29 is 14.3 Å². The van der Waals surface area contributed by atoms with E-state index in [1.165, 1.54) is 0 Å². The molecule has 6 nitrogen and oxygen atoms in total. The minimum absolute atomic E-state index is 0.0699. The molecule has 142 valence electrons. The Kier molecular flexibility index (Phi) is 7.38. The molecule has 0 aromatic heterocycles. The molecular weight excluding hydrogens is 350 g/mol. The number of benzene rings is 1. The van der Waals surface area contributed by atoms with Crippen molar-refractivity contribution in [3.8, 4) is 5.75 Å². The van der Waals surface area contributed by atoms with E-state index >= 15 is 0 Å². The van der Waals surface area contributed by atoms with Crippen LogP contribution in [0.5, 0.6) is 5.75 Å². The highest BCUT2D eigenvalue weighted by Crippen LogP contribution is 2.19. The van der Waals surface area contributed by atoms with Crippen LogP contribution in [-0.2, 0) is 4.79 Å². The van der Waals surface area contributed by atoms with Crippen molar-refractivity contribution in [2.75, 3.05) is 33.3 Å². The Morgan fingerprint density at radius 1 is 1.27 bits per heavy atom. The number of thiocarbonyl (C=S) groups is 1. The van der Waals surface area contributed by atoms with Crippen LogP contribution < -0.4 is 10.1 Å². The van der Waals surface area contributed by atoms with Crippen LogP contribution in [0, 0.1) is 5.92 Å². The maximum absolute atomic E-state index is 12.6. The fraction of sp³-hybridized carbons (Fsp3) is 0.526. The summed E-state index contributed by atoms with van der Waals surface area (Å²) < 4.78 is 5.10. The summed E-state index contributed by atoms with van der Waals surface area (Å²) in [5, 5.41) is 3.15. The van der Waals surface area contributed by atoms with Crippen LogP contribution in [0.25, 0.3) is 0 Å². The lowest BCUT2D eigenvalue weighted by atomic mass is 9.96. The second kappa shape index (κ2) is 9.52. The number of nitrogens with one attached hydrogen (secondary N) is 1. The van der Waals surface area contributed by atoms with Crippen LogP contribution >= 0.6 is 12.2 Å². The molecule has 2 rings (SSSR count). The molecule has 1 heterocycles. The van der Waals surface area contributed by atoms with Gasteiger partial charge in [-0.05, 0) is 63.2 Å². The second-order valence-corrected chi connectivity index (χ2v) is 6.67. The van der Waals surface area contributed by atoms with Crippen molar-refractivity contribution in [3.05, 3.63) is 29.8 Å². The van der Waals surface area contributed by atoms with Gasteiger partial charge in [0.05, 0.1) is 13.0 Å². The van der Waals surface area contributed by atoms with Crippen molar-refractivity contribution in [1.29, 1.82) is 0 Å². The van der Waals surface area contributed by atoms with E-state index in [9.17, 15) is 9.59 Å². The van der Waals surface area contributed by atoms with Gasteiger partial charge in [-0.3, -0.25) is 14.9 Å². The molecule has 0 aliphatic carbocycles. The maximum atomic E-state index is 12.6. The van der Waals surface area contributed by atoms with E-state index < -0.39 is 0 Å². The first-order valence-corrected chi connectivity index (χ1v) is 9.44. The number of methoxy groups -OCH3 is 1. The van der Waals surface area contributed by atoms with Gasteiger partial charge >= 0.3 is 0 Å². The Bertz CT molecular complexity index is 644. The molecule has 0 radical (unpaired) electrons. The van der Waals surface area contributed by atoms with Gasteiger partial charge in [0.2, 0.25) is 5.91 Å². The molecule has 2 amide bonds. The predicted molar refractivity (Wildman–Crippen MR) is 105 cm³/mol. The average molecular weight is 378 g/mol. The number of amides is 2. The molecular formula is C19H27N3O3S. The number of hydrogen-bond donors (Lipinski definition) is 1. The van der Waals surface area contributed by atoms with Gasteiger partial charge in [-0.25, -0.2) is 0 Å². The molecule has 1 atom stereocenters. The van der Waals surface area contributed by atoms with Crippen LogP contribution in [-0.4, -0.2) is 60.0 Å². The summed E-state index contributed by atoms with van der Waals surface area (Å²) in [6.07, 6.45) is 1.75. The fourth-order valence-electron chi connectivity index (χ4n) is 3.15. The minimum atomic E-state index is -0.255. The van der Waals surface area contributed by atoms with Crippen LogP contribution in [0.15, 0.2) is 24.3 Å². The van der Waals surface area contributed by atoms with Gasteiger partial charge in [0, 0.05) is 31.7 Å². The van der Waals surface area contributed by atoms with Crippen molar-refractivity contribution in [2.45, 2.75) is 26.7 Å². The van der Waals surface area contributed by atoms with Crippen molar-refractivity contribution in [3.63, 3.8) is 0 Å². The Labute approximate surface area is 160 Å². The Balaban J connectivity index is 1.95. The summed E-state index contributed by atoms with van der Waals surface area (Å²) >= 11 is 5.41. The number of carbonyl (C=O) groups is 2. The molecule has 0 saturated carbocycles. The molecule has 1 unspecified atom stereocenters. The molecule has 1 fully saturated rings.